The molecular formula is C22H27OP. The summed E-state index contributed by atoms with van der Waals surface area (Å²) in [5.41, 5.74) is 1.49. The molecule has 0 radical (unpaired) electrons. The van der Waals surface area contributed by atoms with Gasteiger partial charge in [0, 0.05) is 16.8 Å². The van der Waals surface area contributed by atoms with Gasteiger partial charge in [0.1, 0.15) is 7.14 Å². The predicted molar refractivity (Wildman–Crippen MR) is 105 cm³/mol. The summed E-state index contributed by atoms with van der Waals surface area (Å²) < 4.78 is 14.0. The first-order valence-corrected chi connectivity index (χ1v) is 10.9. The van der Waals surface area contributed by atoms with Crippen LogP contribution in [0.15, 0.2) is 72.3 Å². The van der Waals surface area contributed by atoms with Gasteiger partial charge in [-0.25, -0.2) is 0 Å². The number of allylic oxidation sites excluding steroid dienone is 2. The SMILES string of the molecule is CC1CC(=CCP(=O)(c2ccccc2)c2ccccc2)CC(C)C1. The van der Waals surface area contributed by atoms with Crippen LogP contribution in [-0.4, -0.2) is 6.16 Å². The quantitative estimate of drug-likeness (QED) is 0.540. The first kappa shape index (κ1) is 17.2. The van der Waals surface area contributed by atoms with E-state index >= 15 is 0 Å². The summed E-state index contributed by atoms with van der Waals surface area (Å²) in [7, 11) is -2.61. The molecule has 0 bridgehead atoms. The smallest absolute Gasteiger partial charge is 0.146 e. The fourth-order valence-corrected chi connectivity index (χ4v) is 6.50. The Balaban J connectivity index is 1.93. The molecule has 2 atom stereocenters. The van der Waals surface area contributed by atoms with Crippen LogP contribution < -0.4 is 10.6 Å². The number of hydrogen-bond acceptors (Lipinski definition) is 1. The molecule has 1 saturated carbocycles. The van der Waals surface area contributed by atoms with Crippen molar-refractivity contribution >= 4 is 17.8 Å². The second-order valence-corrected chi connectivity index (χ2v) is 10.2. The first-order valence-electron chi connectivity index (χ1n) is 8.96. The van der Waals surface area contributed by atoms with Gasteiger partial charge >= 0.3 is 0 Å². The lowest BCUT2D eigenvalue weighted by molar-refractivity contribution is 0.358. The van der Waals surface area contributed by atoms with Gasteiger partial charge in [-0.05, 0) is 31.1 Å². The van der Waals surface area contributed by atoms with Crippen LogP contribution >= 0.6 is 7.14 Å². The summed E-state index contributed by atoms with van der Waals surface area (Å²) in [6.07, 6.45) is 6.55. The van der Waals surface area contributed by atoms with Crippen molar-refractivity contribution in [1.82, 2.24) is 0 Å². The molecular weight excluding hydrogens is 311 g/mol. The molecule has 1 fully saturated rings. The fraction of sp³-hybridized carbons (Fsp3) is 0.364. The van der Waals surface area contributed by atoms with Crippen LogP contribution in [0, 0.1) is 11.8 Å². The summed E-state index contributed by atoms with van der Waals surface area (Å²) in [5.74, 6) is 1.49. The van der Waals surface area contributed by atoms with Crippen LogP contribution in [0.4, 0.5) is 0 Å². The Hall–Kier alpha value is -1.59. The van der Waals surface area contributed by atoms with Gasteiger partial charge in [-0.3, -0.25) is 0 Å². The molecule has 3 rings (SSSR count). The van der Waals surface area contributed by atoms with Crippen LogP contribution in [0.1, 0.15) is 33.1 Å². The van der Waals surface area contributed by atoms with E-state index < -0.39 is 7.14 Å². The van der Waals surface area contributed by atoms with Gasteiger partial charge in [0.05, 0.1) is 0 Å². The lowest BCUT2D eigenvalue weighted by Gasteiger charge is -2.27. The Kier molecular flexibility index (Phi) is 5.41. The summed E-state index contributed by atoms with van der Waals surface area (Å²) in [5, 5.41) is 1.93. The molecule has 126 valence electrons. The van der Waals surface area contributed by atoms with Crippen molar-refractivity contribution < 1.29 is 4.57 Å². The largest absolute Gasteiger partial charge is 0.313 e. The molecule has 2 unspecified atom stereocenters. The molecule has 1 aliphatic carbocycles. The van der Waals surface area contributed by atoms with Crippen molar-refractivity contribution in [2.24, 2.45) is 11.8 Å². The van der Waals surface area contributed by atoms with E-state index in [4.69, 9.17) is 0 Å². The lowest BCUT2D eigenvalue weighted by atomic mass is 9.80. The number of rotatable bonds is 4. The van der Waals surface area contributed by atoms with E-state index in [1.807, 2.05) is 60.7 Å². The zero-order chi connectivity index (χ0) is 17.0. The van der Waals surface area contributed by atoms with Gasteiger partial charge < -0.3 is 4.57 Å². The molecule has 0 aromatic heterocycles. The number of benzene rings is 2. The molecule has 2 heteroatoms. The van der Waals surface area contributed by atoms with Crippen molar-refractivity contribution in [2.45, 2.75) is 33.1 Å². The highest BCUT2D eigenvalue weighted by molar-refractivity contribution is 7.78. The Labute approximate surface area is 146 Å². The molecule has 2 aromatic rings. The lowest BCUT2D eigenvalue weighted by Crippen LogP contribution is -2.18. The molecule has 0 amide bonds. The second kappa shape index (κ2) is 7.53. The van der Waals surface area contributed by atoms with E-state index in [1.54, 1.807) is 0 Å². The highest BCUT2D eigenvalue weighted by Crippen LogP contribution is 2.44. The van der Waals surface area contributed by atoms with Crippen LogP contribution in [0.25, 0.3) is 0 Å². The summed E-state index contributed by atoms with van der Waals surface area (Å²) in [6, 6.07) is 20.0. The van der Waals surface area contributed by atoms with Gasteiger partial charge in [-0.1, -0.05) is 86.2 Å². The standard InChI is InChI=1S/C22H27OP/c1-18-15-19(2)17-20(16-18)13-14-24(23,21-9-5-3-6-10-21)22-11-7-4-8-12-22/h3-13,18-19H,14-17H2,1-2H3. The summed E-state index contributed by atoms with van der Waals surface area (Å²) in [4.78, 5) is 0. The Morgan fingerprint density at radius 3 is 1.79 bits per heavy atom. The normalized spacial score (nSPS) is 21.5. The van der Waals surface area contributed by atoms with Crippen molar-refractivity contribution in [3.05, 3.63) is 72.3 Å². The molecule has 2 aromatic carbocycles. The monoisotopic (exact) mass is 338 g/mol. The Morgan fingerprint density at radius 2 is 1.33 bits per heavy atom. The van der Waals surface area contributed by atoms with E-state index in [0.29, 0.717) is 6.16 Å². The molecule has 0 spiro atoms. The maximum absolute atomic E-state index is 14.0. The first-order chi connectivity index (χ1) is 11.6. The molecule has 24 heavy (non-hydrogen) atoms. The van der Waals surface area contributed by atoms with Crippen LogP contribution in [0.2, 0.25) is 0 Å². The minimum Gasteiger partial charge on any atom is -0.313 e. The minimum absolute atomic E-state index is 0.635. The zero-order valence-electron chi connectivity index (χ0n) is 14.7. The third kappa shape index (κ3) is 3.90. The van der Waals surface area contributed by atoms with E-state index in [2.05, 4.69) is 19.9 Å². The van der Waals surface area contributed by atoms with Gasteiger partial charge in [0.25, 0.3) is 0 Å². The number of hydrogen-bond donors (Lipinski definition) is 0. The predicted octanol–water partition coefficient (Wildman–Crippen LogP) is 5.38. The van der Waals surface area contributed by atoms with Crippen molar-refractivity contribution in [3.63, 3.8) is 0 Å². The molecule has 0 saturated heterocycles. The van der Waals surface area contributed by atoms with Gasteiger partial charge in [0.15, 0.2) is 0 Å². The van der Waals surface area contributed by atoms with Crippen molar-refractivity contribution in [2.75, 3.05) is 6.16 Å². The van der Waals surface area contributed by atoms with E-state index in [-0.39, 0.29) is 0 Å². The molecule has 1 nitrogen and oxygen atoms in total. The Bertz CT molecular complexity index is 678. The zero-order valence-corrected chi connectivity index (χ0v) is 15.6. The topological polar surface area (TPSA) is 17.1 Å². The summed E-state index contributed by atoms with van der Waals surface area (Å²) in [6.45, 7) is 4.66. The molecule has 1 aliphatic rings. The van der Waals surface area contributed by atoms with Gasteiger partial charge in [0.2, 0.25) is 0 Å². The van der Waals surface area contributed by atoms with E-state index in [1.165, 1.54) is 12.0 Å². The van der Waals surface area contributed by atoms with Crippen LogP contribution in [0.3, 0.4) is 0 Å². The Morgan fingerprint density at radius 1 is 0.875 bits per heavy atom. The average molecular weight is 338 g/mol. The maximum atomic E-state index is 14.0. The average Bonchev–Trinajstić information content (AvgIpc) is 2.60. The minimum atomic E-state index is -2.61. The molecule has 0 N–H and O–H groups in total. The third-order valence-electron chi connectivity index (χ3n) is 5.01. The maximum Gasteiger partial charge on any atom is 0.146 e. The van der Waals surface area contributed by atoms with E-state index in [9.17, 15) is 4.57 Å². The third-order valence-corrected chi connectivity index (χ3v) is 7.97. The molecule has 0 heterocycles. The van der Waals surface area contributed by atoms with Crippen LogP contribution in [-0.2, 0) is 4.57 Å². The highest BCUT2D eigenvalue weighted by Gasteiger charge is 2.27. The second-order valence-electron chi connectivity index (χ2n) is 7.31. The van der Waals surface area contributed by atoms with Gasteiger partial charge in [-0.2, -0.15) is 0 Å². The summed E-state index contributed by atoms with van der Waals surface area (Å²) >= 11 is 0. The fourth-order valence-electron chi connectivity index (χ4n) is 3.95. The van der Waals surface area contributed by atoms with Crippen molar-refractivity contribution in [3.8, 4) is 0 Å². The van der Waals surface area contributed by atoms with Gasteiger partial charge in [-0.15, -0.1) is 0 Å². The molecule has 0 aliphatic heterocycles. The van der Waals surface area contributed by atoms with Crippen molar-refractivity contribution in [1.29, 1.82) is 0 Å². The van der Waals surface area contributed by atoms with E-state index in [0.717, 1.165) is 35.3 Å². The van der Waals surface area contributed by atoms with Crippen LogP contribution in [0.5, 0.6) is 0 Å². The highest BCUT2D eigenvalue weighted by atomic mass is 31.2.